The van der Waals surface area contributed by atoms with E-state index in [1.165, 1.54) is 51.4 Å². The van der Waals surface area contributed by atoms with Crippen LogP contribution < -0.4 is 10.9 Å². The van der Waals surface area contributed by atoms with Crippen LogP contribution >= 0.6 is 0 Å². The summed E-state index contributed by atoms with van der Waals surface area (Å²) in [5, 5.41) is 0. The van der Waals surface area contributed by atoms with Crippen molar-refractivity contribution in [3.8, 4) is 5.75 Å². The minimum absolute atomic E-state index is 0. The van der Waals surface area contributed by atoms with Crippen LogP contribution in [0.25, 0.3) is 0 Å². The topological polar surface area (TPSA) is 71.9 Å². The molecular formula is C24H45NO4. The molecule has 1 atom stereocenters. The van der Waals surface area contributed by atoms with Gasteiger partial charge in [0.15, 0.2) is 0 Å². The van der Waals surface area contributed by atoms with E-state index in [4.69, 9.17) is 18.9 Å². The van der Waals surface area contributed by atoms with Crippen LogP contribution in [0.5, 0.6) is 5.75 Å². The van der Waals surface area contributed by atoms with Crippen molar-refractivity contribution in [2.45, 2.75) is 77.7 Å². The van der Waals surface area contributed by atoms with Gasteiger partial charge in [0.1, 0.15) is 11.9 Å². The van der Waals surface area contributed by atoms with Gasteiger partial charge in [0.2, 0.25) is 0 Å². The van der Waals surface area contributed by atoms with Crippen LogP contribution in [0, 0.1) is 0 Å². The first-order chi connectivity index (χ1) is 13.9. The third-order valence-corrected chi connectivity index (χ3v) is 4.68. The van der Waals surface area contributed by atoms with Crippen LogP contribution in [0.4, 0.5) is 0 Å². The lowest BCUT2D eigenvalue weighted by atomic mass is 10.1. The largest absolute Gasteiger partial charge is 0.488 e. The van der Waals surface area contributed by atoms with Gasteiger partial charge in [-0.2, -0.15) is 0 Å². The molecule has 1 unspecified atom stereocenters. The van der Waals surface area contributed by atoms with Crippen molar-refractivity contribution in [2.75, 3.05) is 39.6 Å². The second-order valence-electron chi connectivity index (χ2n) is 7.20. The lowest BCUT2D eigenvalue weighted by Crippen LogP contribution is -2.24. The van der Waals surface area contributed by atoms with Crippen LogP contribution in [0.1, 0.15) is 71.6 Å². The third-order valence-electron chi connectivity index (χ3n) is 4.68. The Morgan fingerprint density at radius 3 is 1.93 bits per heavy atom. The molecule has 0 aromatic heterocycles. The summed E-state index contributed by atoms with van der Waals surface area (Å²) in [5.74, 6) is 0.920. The van der Waals surface area contributed by atoms with E-state index in [1.54, 1.807) is 0 Å². The summed E-state index contributed by atoms with van der Waals surface area (Å²) in [5.41, 5.74) is 0. The first-order valence-corrected chi connectivity index (χ1v) is 11.3. The molecule has 1 aromatic rings. The Morgan fingerprint density at radius 1 is 0.690 bits per heavy atom. The molecule has 3 N–H and O–H groups in total. The summed E-state index contributed by atoms with van der Waals surface area (Å²) >= 11 is 0. The van der Waals surface area contributed by atoms with Crippen molar-refractivity contribution in [1.29, 1.82) is 0 Å². The molecule has 170 valence electrons. The number of benzene rings is 1. The number of unbranched alkanes of at least 4 members (excludes halogenated alkanes) is 7. The van der Waals surface area contributed by atoms with E-state index < -0.39 is 0 Å². The molecule has 0 amide bonds. The molecule has 0 heterocycles. The van der Waals surface area contributed by atoms with E-state index in [0.717, 1.165) is 18.8 Å². The Bertz CT molecular complexity index is 410. The second kappa shape index (κ2) is 21.6. The summed E-state index contributed by atoms with van der Waals surface area (Å²) < 4.78 is 22.7. The van der Waals surface area contributed by atoms with Gasteiger partial charge in [-0.15, -0.1) is 0 Å². The molecule has 0 spiro atoms. The Kier molecular flexibility index (Phi) is 20.7. The molecule has 0 aliphatic rings. The van der Waals surface area contributed by atoms with E-state index in [9.17, 15) is 0 Å². The SMILES string of the molecule is CCCCCCCCCCC(COCCOCCOCC)Oc1ccccc1.N. The molecular weight excluding hydrogens is 366 g/mol. The van der Waals surface area contributed by atoms with E-state index in [1.807, 2.05) is 37.3 Å². The smallest absolute Gasteiger partial charge is 0.122 e. The van der Waals surface area contributed by atoms with Gasteiger partial charge in [-0.1, -0.05) is 70.1 Å². The van der Waals surface area contributed by atoms with Crippen molar-refractivity contribution >= 4 is 0 Å². The molecule has 0 aliphatic carbocycles. The zero-order valence-electron chi connectivity index (χ0n) is 18.9. The molecule has 0 radical (unpaired) electrons. The monoisotopic (exact) mass is 411 g/mol. The summed E-state index contributed by atoms with van der Waals surface area (Å²) in [6.45, 7) is 8.07. The van der Waals surface area contributed by atoms with Gasteiger partial charge in [-0.3, -0.25) is 0 Å². The average molecular weight is 412 g/mol. The molecule has 0 saturated carbocycles. The molecule has 0 saturated heterocycles. The van der Waals surface area contributed by atoms with Gasteiger partial charge in [0.05, 0.1) is 33.0 Å². The van der Waals surface area contributed by atoms with Crippen molar-refractivity contribution in [3.05, 3.63) is 30.3 Å². The second-order valence-corrected chi connectivity index (χ2v) is 7.20. The van der Waals surface area contributed by atoms with E-state index in [-0.39, 0.29) is 12.3 Å². The third kappa shape index (κ3) is 17.4. The maximum absolute atomic E-state index is 6.15. The molecule has 1 aromatic carbocycles. The Balaban J connectivity index is 0.00000784. The highest BCUT2D eigenvalue weighted by Gasteiger charge is 2.11. The molecule has 5 heteroatoms. The summed E-state index contributed by atoms with van der Waals surface area (Å²) in [6, 6.07) is 10.1. The first-order valence-electron chi connectivity index (χ1n) is 11.3. The average Bonchev–Trinajstić information content (AvgIpc) is 2.72. The van der Waals surface area contributed by atoms with Crippen molar-refractivity contribution in [2.24, 2.45) is 0 Å². The summed E-state index contributed by atoms with van der Waals surface area (Å²) in [4.78, 5) is 0. The van der Waals surface area contributed by atoms with E-state index in [2.05, 4.69) is 6.92 Å². The van der Waals surface area contributed by atoms with E-state index >= 15 is 0 Å². The fourth-order valence-electron chi connectivity index (χ4n) is 3.07. The number of para-hydroxylation sites is 1. The fourth-order valence-corrected chi connectivity index (χ4v) is 3.07. The number of ether oxygens (including phenoxy) is 4. The zero-order valence-corrected chi connectivity index (χ0v) is 18.9. The quantitative estimate of drug-likeness (QED) is 0.259. The molecule has 0 aliphatic heterocycles. The molecule has 0 fully saturated rings. The predicted molar refractivity (Wildman–Crippen MR) is 121 cm³/mol. The highest BCUT2D eigenvalue weighted by Crippen LogP contribution is 2.16. The summed E-state index contributed by atoms with van der Waals surface area (Å²) in [6.07, 6.45) is 11.8. The standard InChI is InChI=1S/C24H42O4.H3N/c1-3-5-6-7-8-9-10-12-17-24(28-23-15-13-11-14-16-23)22-27-21-20-26-19-18-25-4-2;/h11,13-16,24H,3-10,12,17-22H2,1-2H3;1H3. The Labute approximate surface area is 179 Å². The number of hydrogen-bond acceptors (Lipinski definition) is 5. The van der Waals surface area contributed by atoms with Crippen LogP contribution in [-0.4, -0.2) is 45.7 Å². The van der Waals surface area contributed by atoms with Gasteiger partial charge in [0, 0.05) is 6.61 Å². The van der Waals surface area contributed by atoms with Crippen molar-refractivity contribution in [1.82, 2.24) is 6.15 Å². The fraction of sp³-hybridized carbons (Fsp3) is 0.750. The number of hydrogen-bond donors (Lipinski definition) is 1. The molecule has 5 nitrogen and oxygen atoms in total. The lowest BCUT2D eigenvalue weighted by molar-refractivity contribution is -0.00515. The predicted octanol–water partition coefficient (Wildman–Crippen LogP) is 6.20. The molecule has 1 rings (SSSR count). The highest BCUT2D eigenvalue weighted by atomic mass is 16.6. The lowest BCUT2D eigenvalue weighted by Gasteiger charge is -2.19. The first kappa shape index (κ1) is 27.9. The number of rotatable bonds is 20. The van der Waals surface area contributed by atoms with Crippen molar-refractivity contribution < 1.29 is 18.9 Å². The van der Waals surface area contributed by atoms with Crippen LogP contribution in [0.15, 0.2) is 30.3 Å². The zero-order chi connectivity index (χ0) is 20.1. The van der Waals surface area contributed by atoms with Crippen molar-refractivity contribution in [3.63, 3.8) is 0 Å². The van der Waals surface area contributed by atoms with Crippen LogP contribution in [-0.2, 0) is 14.2 Å². The van der Waals surface area contributed by atoms with Gasteiger partial charge < -0.3 is 25.1 Å². The van der Waals surface area contributed by atoms with Crippen LogP contribution in [0.2, 0.25) is 0 Å². The molecule has 29 heavy (non-hydrogen) atoms. The molecule has 0 bridgehead atoms. The Morgan fingerprint density at radius 2 is 1.28 bits per heavy atom. The maximum atomic E-state index is 6.15. The van der Waals surface area contributed by atoms with Gasteiger partial charge in [-0.05, 0) is 31.9 Å². The van der Waals surface area contributed by atoms with E-state index in [0.29, 0.717) is 33.0 Å². The normalized spacial score (nSPS) is 11.8. The summed E-state index contributed by atoms with van der Waals surface area (Å²) in [7, 11) is 0. The minimum atomic E-state index is 0. The van der Waals surface area contributed by atoms with Gasteiger partial charge in [0.25, 0.3) is 0 Å². The van der Waals surface area contributed by atoms with Crippen LogP contribution in [0.3, 0.4) is 0 Å². The highest BCUT2D eigenvalue weighted by molar-refractivity contribution is 5.21. The van der Waals surface area contributed by atoms with Gasteiger partial charge in [-0.25, -0.2) is 0 Å². The minimum Gasteiger partial charge on any atom is -0.488 e. The van der Waals surface area contributed by atoms with Gasteiger partial charge >= 0.3 is 0 Å². The maximum Gasteiger partial charge on any atom is 0.122 e. The Hall–Kier alpha value is -1.14.